The molecule has 2 heterocycles. The highest BCUT2D eigenvalue weighted by molar-refractivity contribution is 9.11. The quantitative estimate of drug-likeness (QED) is 0.778. The highest BCUT2D eigenvalue weighted by Gasteiger charge is 2.34. The molecule has 1 aliphatic rings. The molecular weight excluding hydrogens is 431 g/mol. The van der Waals surface area contributed by atoms with E-state index in [4.69, 9.17) is 0 Å². The van der Waals surface area contributed by atoms with Crippen LogP contribution in [0.5, 0.6) is 0 Å². The molecule has 0 unspecified atom stereocenters. The second-order valence-corrected chi connectivity index (χ2v) is 10.4. The molecule has 1 N–H and O–H groups in total. The van der Waals surface area contributed by atoms with Crippen molar-refractivity contribution < 1.29 is 17.6 Å². The summed E-state index contributed by atoms with van der Waals surface area (Å²) in [6.07, 6.45) is 1.15. The van der Waals surface area contributed by atoms with E-state index in [1.165, 1.54) is 16.4 Å². The van der Waals surface area contributed by atoms with Crippen LogP contribution in [0.4, 0.5) is 10.1 Å². The Morgan fingerprint density at radius 1 is 1.28 bits per heavy atom. The number of nitrogens with one attached hydrogen (secondary N) is 1. The predicted molar refractivity (Wildman–Crippen MR) is 98.5 cm³/mol. The number of piperidine rings is 1. The lowest BCUT2D eigenvalue weighted by Gasteiger charge is -2.30. The lowest BCUT2D eigenvalue weighted by atomic mass is 9.98. The second-order valence-electron chi connectivity index (χ2n) is 5.73. The Labute approximate surface area is 158 Å². The molecule has 134 valence electrons. The number of rotatable bonds is 4. The molecule has 1 aromatic carbocycles. The lowest BCUT2D eigenvalue weighted by molar-refractivity contribution is -0.120. The van der Waals surface area contributed by atoms with Gasteiger partial charge in [0.05, 0.1) is 15.4 Å². The molecular formula is C16H16BrFN2O3S2. The van der Waals surface area contributed by atoms with E-state index in [0.717, 1.165) is 15.1 Å². The van der Waals surface area contributed by atoms with Gasteiger partial charge in [0.25, 0.3) is 10.0 Å². The maximum absolute atomic E-state index is 13.7. The molecule has 0 saturated carbocycles. The van der Waals surface area contributed by atoms with E-state index >= 15 is 0 Å². The average Bonchev–Trinajstić information content (AvgIpc) is 3.04. The Kier molecular flexibility index (Phi) is 5.57. The number of thiophene rings is 1. The van der Waals surface area contributed by atoms with Gasteiger partial charge in [0.1, 0.15) is 10.0 Å². The predicted octanol–water partition coefficient (Wildman–Crippen LogP) is 3.69. The first-order valence-corrected chi connectivity index (χ1v) is 10.7. The summed E-state index contributed by atoms with van der Waals surface area (Å²) in [6, 6.07) is 9.15. The van der Waals surface area contributed by atoms with Crippen molar-refractivity contribution in [2.24, 2.45) is 5.92 Å². The Morgan fingerprint density at radius 2 is 2.04 bits per heavy atom. The van der Waals surface area contributed by atoms with E-state index in [9.17, 15) is 17.6 Å². The molecule has 25 heavy (non-hydrogen) atoms. The molecule has 1 amide bonds. The van der Waals surface area contributed by atoms with Gasteiger partial charge in [0.2, 0.25) is 5.91 Å². The minimum absolute atomic E-state index is 0.0954. The number of carbonyl (C=O) groups excluding carboxylic acids is 1. The molecule has 1 fully saturated rings. The van der Waals surface area contributed by atoms with Gasteiger partial charge in [-0.15, -0.1) is 11.3 Å². The molecule has 0 radical (unpaired) electrons. The van der Waals surface area contributed by atoms with E-state index in [-0.39, 0.29) is 22.3 Å². The zero-order chi connectivity index (χ0) is 18.0. The molecule has 0 aliphatic carbocycles. The summed E-state index contributed by atoms with van der Waals surface area (Å²) in [7, 11) is -3.62. The second kappa shape index (κ2) is 7.53. The van der Waals surface area contributed by atoms with E-state index in [1.54, 1.807) is 24.3 Å². The average molecular weight is 447 g/mol. The minimum atomic E-state index is -3.62. The first-order valence-electron chi connectivity index (χ1n) is 7.69. The number of benzene rings is 1. The van der Waals surface area contributed by atoms with Crippen molar-refractivity contribution in [2.75, 3.05) is 18.4 Å². The molecule has 1 atom stereocenters. The van der Waals surface area contributed by atoms with E-state index in [0.29, 0.717) is 19.4 Å². The van der Waals surface area contributed by atoms with Crippen LogP contribution in [0.25, 0.3) is 0 Å². The fraction of sp³-hybridized carbons (Fsp3) is 0.312. The first-order chi connectivity index (χ1) is 11.9. The molecule has 5 nitrogen and oxygen atoms in total. The summed E-state index contributed by atoms with van der Waals surface area (Å²) in [5.74, 6) is -1.39. The molecule has 0 bridgehead atoms. The molecule has 0 spiro atoms. The highest BCUT2D eigenvalue weighted by atomic mass is 79.9. The third-order valence-corrected chi connectivity index (χ3v) is 7.99. The van der Waals surface area contributed by atoms with Crippen LogP contribution in [0, 0.1) is 11.7 Å². The smallest absolute Gasteiger partial charge is 0.252 e. The van der Waals surface area contributed by atoms with E-state index < -0.39 is 21.8 Å². The SMILES string of the molecule is O=C(Nc1ccccc1F)[C@@H]1CCCN(S(=O)(=O)c2ccc(Br)s2)C1. The number of hydrogen-bond acceptors (Lipinski definition) is 4. The summed E-state index contributed by atoms with van der Waals surface area (Å²) in [4.78, 5) is 12.4. The number of hydrogen-bond donors (Lipinski definition) is 1. The van der Waals surface area contributed by atoms with Gasteiger partial charge in [-0.3, -0.25) is 4.79 Å². The fourth-order valence-electron chi connectivity index (χ4n) is 2.74. The van der Waals surface area contributed by atoms with Crippen molar-refractivity contribution in [3.63, 3.8) is 0 Å². The van der Waals surface area contributed by atoms with Crippen LogP contribution in [0.3, 0.4) is 0 Å². The number of amides is 1. The van der Waals surface area contributed by atoms with Crippen molar-refractivity contribution in [3.05, 3.63) is 46.0 Å². The van der Waals surface area contributed by atoms with Gasteiger partial charge in [-0.2, -0.15) is 4.31 Å². The Morgan fingerprint density at radius 3 is 2.72 bits per heavy atom. The highest BCUT2D eigenvalue weighted by Crippen LogP contribution is 2.31. The van der Waals surface area contributed by atoms with Crippen LogP contribution < -0.4 is 5.32 Å². The fourth-order valence-corrected chi connectivity index (χ4v) is 6.42. The number of sulfonamides is 1. The number of para-hydroxylation sites is 1. The summed E-state index contributed by atoms with van der Waals surface area (Å²) in [5.41, 5.74) is 0.106. The normalized spacial score (nSPS) is 18.9. The maximum Gasteiger partial charge on any atom is 0.252 e. The Bertz CT molecular complexity index is 885. The van der Waals surface area contributed by atoms with Crippen molar-refractivity contribution in [1.82, 2.24) is 4.31 Å². The lowest BCUT2D eigenvalue weighted by Crippen LogP contribution is -2.43. The number of anilines is 1. The zero-order valence-corrected chi connectivity index (χ0v) is 16.3. The molecule has 1 aliphatic heterocycles. The zero-order valence-electron chi connectivity index (χ0n) is 13.1. The summed E-state index contributed by atoms with van der Waals surface area (Å²) in [6.45, 7) is 0.472. The van der Waals surface area contributed by atoms with Gasteiger partial charge in [-0.1, -0.05) is 12.1 Å². The number of carbonyl (C=O) groups is 1. The van der Waals surface area contributed by atoms with Gasteiger partial charge >= 0.3 is 0 Å². The van der Waals surface area contributed by atoms with Crippen LogP contribution >= 0.6 is 27.3 Å². The Balaban J connectivity index is 1.73. The standard InChI is InChI=1S/C16H16BrFN2O3S2/c17-14-7-8-15(24-14)25(22,23)20-9-3-4-11(10-20)16(21)19-13-6-2-1-5-12(13)18/h1-2,5-8,11H,3-4,9-10H2,(H,19,21)/t11-/m1/s1. The van der Waals surface area contributed by atoms with Crippen LogP contribution in [-0.4, -0.2) is 31.7 Å². The largest absolute Gasteiger partial charge is 0.323 e. The van der Waals surface area contributed by atoms with E-state index in [1.807, 2.05) is 0 Å². The topological polar surface area (TPSA) is 66.5 Å². The van der Waals surface area contributed by atoms with E-state index in [2.05, 4.69) is 21.2 Å². The van der Waals surface area contributed by atoms with Crippen molar-refractivity contribution in [1.29, 1.82) is 0 Å². The summed E-state index contributed by atoms with van der Waals surface area (Å²) in [5, 5.41) is 2.56. The molecule has 2 aromatic rings. The van der Waals surface area contributed by atoms with Crippen LogP contribution in [-0.2, 0) is 14.8 Å². The van der Waals surface area contributed by atoms with Crippen LogP contribution in [0.2, 0.25) is 0 Å². The maximum atomic E-state index is 13.7. The van der Waals surface area contributed by atoms with Gasteiger partial charge in [-0.25, -0.2) is 12.8 Å². The van der Waals surface area contributed by atoms with Crippen molar-refractivity contribution in [3.8, 4) is 0 Å². The number of nitrogens with zero attached hydrogens (tertiary/aromatic N) is 1. The third kappa shape index (κ3) is 4.11. The van der Waals surface area contributed by atoms with Crippen molar-refractivity contribution >= 4 is 48.9 Å². The Hall–Kier alpha value is -1.29. The van der Waals surface area contributed by atoms with Crippen LogP contribution in [0.15, 0.2) is 44.4 Å². The molecule has 1 saturated heterocycles. The molecule has 3 rings (SSSR count). The van der Waals surface area contributed by atoms with Gasteiger partial charge in [-0.05, 0) is 53.0 Å². The molecule has 1 aromatic heterocycles. The minimum Gasteiger partial charge on any atom is -0.323 e. The van der Waals surface area contributed by atoms with Crippen molar-refractivity contribution in [2.45, 2.75) is 17.1 Å². The monoisotopic (exact) mass is 446 g/mol. The third-order valence-electron chi connectivity index (χ3n) is 4.03. The van der Waals surface area contributed by atoms with Crippen LogP contribution in [0.1, 0.15) is 12.8 Å². The first kappa shape index (κ1) is 18.5. The van der Waals surface area contributed by atoms with Gasteiger partial charge in [0, 0.05) is 13.1 Å². The summed E-state index contributed by atoms with van der Waals surface area (Å²) < 4.78 is 41.4. The van der Waals surface area contributed by atoms with Gasteiger partial charge in [0.15, 0.2) is 0 Å². The summed E-state index contributed by atoms with van der Waals surface area (Å²) >= 11 is 4.40. The van der Waals surface area contributed by atoms with Gasteiger partial charge < -0.3 is 5.32 Å². The number of halogens is 2. The molecule has 9 heteroatoms.